The van der Waals surface area contributed by atoms with Crippen molar-refractivity contribution in [2.45, 2.75) is 13.5 Å². The van der Waals surface area contributed by atoms with Gasteiger partial charge in [-0.05, 0) is 24.2 Å². The molecular weight excluding hydrogens is 162 g/mol. The highest BCUT2D eigenvalue weighted by Gasteiger charge is 1.95. The van der Waals surface area contributed by atoms with Crippen molar-refractivity contribution in [1.29, 1.82) is 0 Å². The van der Waals surface area contributed by atoms with Gasteiger partial charge in [0.15, 0.2) is 0 Å². The zero-order valence-corrected chi connectivity index (χ0v) is 7.70. The van der Waals surface area contributed by atoms with Crippen LogP contribution in [-0.4, -0.2) is 15.9 Å². The molecule has 0 saturated carbocycles. The van der Waals surface area contributed by atoms with E-state index >= 15 is 0 Å². The SMILES string of the molecule is CCNCc1ccn2ccnc2c1. The number of aromatic nitrogens is 2. The molecule has 13 heavy (non-hydrogen) atoms. The third kappa shape index (κ3) is 1.70. The van der Waals surface area contributed by atoms with Crippen molar-refractivity contribution < 1.29 is 0 Å². The molecule has 2 heterocycles. The molecule has 0 aliphatic heterocycles. The fraction of sp³-hybridized carbons (Fsp3) is 0.300. The number of pyridine rings is 1. The number of imidazole rings is 1. The van der Waals surface area contributed by atoms with Gasteiger partial charge in [0.2, 0.25) is 0 Å². The number of hydrogen-bond acceptors (Lipinski definition) is 2. The highest BCUT2D eigenvalue weighted by molar-refractivity contribution is 5.41. The van der Waals surface area contributed by atoms with E-state index in [2.05, 4.69) is 29.4 Å². The fourth-order valence-electron chi connectivity index (χ4n) is 1.33. The van der Waals surface area contributed by atoms with Gasteiger partial charge in [-0.3, -0.25) is 0 Å². The highest BCUT2D eigenvalue weighted by Crippen LogP contribution is 2.04. The van der Waals surface area contributed by atoms with E-state index < -0.39 is 0 Å². The molecule has 2 rings (SSSR count). The fourth-order valence-corrected chi connectivity index (χ4v) is 1.33. The number of nitrogens with zero attached hydrogens (tertiary/aromatic N) is 2. The summed E-state index contributed by atoms with van der Waals surface area (Å²) >= 11 is 0. The minimum Gasteiger partial charge on any atom is -0.313 e. The molecule has 2 aromatic rings. The van der Waals surface area contributed by atoms with Crippen LogP contribution in [0.15, 0.2) is 30.7 Å². The third-order valence-corrected chi connectivity index (χ3v) is 2.04. The molecule has 0 spiro atoms. The Morgan fingerprint density at radius 3 is 3.23 bits per heavy atom. The maximum Gasteiger partial charge on any atom is 0.136 e. The number of nitrogens with one attached hydrogen (secondary N) is 1. The van der Waals surface area contributed by atoms with Gasteiger partial charge in [0.25, 0.3) is 0 Å². The van der Waals surface area contributed by atoms with Crippen LogP contribution in [0.25, 0.3) is 5.65 Å². The lowest BCUT2D eigenvalue weighted by molar-refractivity contribution is 0.726. The number of hydrogen-bond donors (Lipinski definition) is 1. The minimum absolute atomic E-state index is 0.917. The Balaban J connectivity index is 2.26. The maximum absolute atomic E-state index is 4.22. The van der Waals surface area contributed by atoms with Gasteiger partial charge < -0.3 is 9.72 Å². The smallest absolute Gasteiger partial charge is 0.136 e. The highest BCUT2D eigenvalue weighted by atomic mass is 15.0. The molecule has 0 aliphatic rings. The summed E-state index contributed by atoms with van der Waals surface area (Å²) in [4.78, 5) is 4.22. The molecule has 0 fully saturated rings. The lowest BCUT2D eigenvalue weighted by atomic mass is 10.2. The standard InChI is InChI=1S/C10H13N3/c1-2-11-8-9-3-5-13-6-4-12-10(13)7-9/h3-7,11H,2,8H2,1H3. The van der Waals surface area contributed by atoms with Gasteiger partial charge in [-0.1, -0.05) is 6.92 Å². The normalized spacial score (nSPS) is 10.8. The average Bonchev–Trinajstić information content (AvgIpc) is 2.61. The van der Waals surface area contributed by atoms with E-state index in [-0.39, 0.29) is 0 Å². The average molecular weight is 175 g/mol. The second-order valence-electron chi connectivity index (χ2n) is 3.01. The largest absolute Gasteiger partial charge is 0.313 e. The predicted octanol–water partition coefficient (Wildman–Crippen LogP) is 1.44. The van der Waals surface area contributed by atoms with Crippen LogP contribution in [0, 0.1) is 0 Å². The molecule has 0 radical (unpaired) electrons. The van der Waals surface area contributed by atoms with Crippen LogP contribution in [0.5, 0.6) is 0 Å². The molecule has 0 atom stereocenters. The van der Waals surface area contributed by atoms with Crippen molar-refractivity contribution in [3.8, 4) is 0 Å². The monoisotopic (exact) mass is 175 g/mol. The van der Waals surface area contributed by atoms with Crippen molar-refractivity contribution in [2.75, 3.05) is 6.54 Å². The summed E-state index contributed by atoms with van der Waals surface area (Å²) < 4.78 is 2.01. The van der Waals surface area contributed by atoms with Crippen LogP contribution in [0.4, 0.5) is 0 Å². The van der Waals surface area contributed by atoms with Crippen LogP contribution in [0.3, 0.4) is 0 Å². The van der Waals surface area contributed by atoms with Crippen LogP contribution in [-0.2, 0) is 6.54 Å². The van der Waals surface area contributed by atoms with E-state index in [1.165, 1.54) is 5.56 Å². The molecule has 1 N–H and O–H groups in total. The summed E-state index contributed by atoms with van der Waals surface area (Å²) in [7, 11) is 0. The first kappa shape index (κ1) is 8.26. The quantitative estimate of drug-likeness (QED) is 0.765. The van der Waals surface area contributed by atoms with Crippen molar-refractivity contribution in [1.82, 2.24) is 14.7 Å². The Morgan fingerprint density at radius 2 is 2.38 bits per heavy atom. The second-order valence-corrected chi connectivity index (χ2v) is 3.01. The molecule has 2 aromatic heterocycles. The maximum atomic E-state index is 4.22. The molecule has 68 valence electrons. The zero-order valence-electron chi connectivity index (χ0n) is 7.70. The second kappa shape index (κ2) is 3.58. The molecule has 0 unspecified atom stereocenters. The van der Waals surface area contributed by atoms with E-state index in [1.807, 2.05) is 23.0 Å². The Kier molecular flexibility index (Phi) is 2.27. The molecule has 0 aromatic carbocycles. The minimum atomic E-state index is 0.917. The van der Waals surface area contributed by atoms with E-state index in [0.29, 0.717) is 0 Å². The Labute approximate surface area is 77.4 Å². The first-order valence-corrected chi connectivity index (χ1v) is 4.52. The molecule has 0 bridgehead atoms. The molecule has 3 nitrogen and oxygen atoms in total. The van der Waals surface area contributed by atoms with Crippen LogP contribution >= 0.6 is 0 Å². The molecule has 3 heteroatoms. The number of fused-ring (bicyclic) bond motifs is 1. The summed E-state index contributed by atoms with van der Waals surface area (Å²) in [6, 6.07) is 4.21. The topological polar surface area (TPSA) is 29.3 Å². The van der Waals surface area contributed by atoms with E-state index in [4.69, 9.17) is 0 Å². The predicted molar refractivity (Wildman–Crippen MR) is 52.6 cm³/mol. The first-order chi connectivity index (χ1) is 6.40. The first-order valence-electron chi connectivity index (χ1n) is 4.52. The summed E-state index contributed by atoms with van der Waals surface area (Å²) in [5.41, 5.74) is 2.29. The lowest BCUT2D eigenvalue weighted by Crippen LogP contribution is -2.11. The van der Waals surface area contributed by atoms with E-state index in [1.54, 1.807) is 0 Å². The van der Waals surface area contributed by atoms with Gasteiger partial charge in [-0.15, -0.1) is 0 Å². The molecule has 0 amide bonds. The van der Waals surface area contributed by atoms with Gasteiger partial charge in [0.1, 0.15) is 5.65 Å². The number of rotatable bonds is 3. The third-order valence-electron chi connectivity index (χ3n) is 2.04. The van der Waals surface area contributed by atoms with Gasteiger partial charge in [0, 0.05) is 25.1 Å². The Bertz CT molecular complexity index is 392. The molecule has 0 aliphatic carbocycles. The molecular formula is C10H13N3. The molecule has 0 saturated heterocycles. The Hall–Kier alpha value is -1.35. The van der Waals surface area contributed by atoms with E-state index in [9.17, 15) is 0 Å². The van der Waals surface area contributed by atoms with E-state index in [0.717, 1.165) is 18.7 Å². The van der Waals surface area contributed by atoms with Crippen molar-refractivity contribution in [2.24, 2.45) is 0 Å². The van der Waals surface area contributed by atoms with Crippen molar-refractivity contribution >= 4 is 5.65 Å². The van der Waals surface area contributed by atoms with Crippen molar-refractivity contribution in [3.63, 3.8) is 0 Å². The van der Waals surface area contributed by atoms with Crippen molar-refractivity contribution in [3.05, 3.63) is 36.3 Å². The summed E-state index contributed by atoms with van der Waals surface area (Å²) in [6.45, 7) is 4.02. The lowest BCUT2D eigenvalue weighted by Gasteiger charge is -2.01. The van der Waals surface area contributed by atoms with Crippen LogP contribution in [0.2, 0.25) is 0 Å². The van der Waals surface area contributed by atoms with Gasteiger partial charge in [-0.2, -0.15) is 0 Å². The van der Waals surface area contributed by atoms with Crippen LogP contribution < -0.4 is 5.32 Å². The van der Waals surface area contributed by atoms with Gasteiger partial charge in [0.05, 0.1) is 0 Å². The Morgan fingerprint density at radius 1 is 1.46 bits per heavy atom. The van der Waals surface area contributed by atoms with Crippen LogP contribution in [0.1, 0.15) is 12.5 Å². The summed E-state index contributed by atoms with van der Waals surface area (Å²) in [5.74, 6) is 0. The summed E-state index contributed by atoms with van der Waals surface area (Å²) in [5, 5.41) is 3.28. The zero-order chi connectivity index (χ0) is 9.10. The summed E-state index contributed by atoms with van der Waals surface area (Å²) in [6.07, 6.45) is 5.80. The van der Waals surface area contributed by atoms with Gasteiger partial charge >= 0.3 is 0 Å². The van der Waals surface area contributed by atoms with Gasteiger partial charge in [-0.25, -0.2) is 4.98 Å².